The van der Waals surface area contributed by atoms with Crippen LogP contribution in [0.15, 0.2) is 0 Å². The molecule has 5 heteroatoms. The Morgan fingerprint density at radius 2 is 1.95 bits per heavy atom. The Bertz CT molecular complexity index is 368. The van der Waals surface area contributed by atoms with Crippen LogP contribution in [0.25, 0.3) is 0 Å². The van der Waals surface area contributed by atoms with Crippen molar-refractivity contribution in [3.63, 3.8) is 0 Å². The normalized spacial score (nSPS) is 33.4. The molecule has 1 unspecified atom stereocenters. The van der Waals surface area contributed by atoms with Gasteiger partial charge in [0, 0.05) is 6.61 Å². The summed E-state index contributed by atoms with van der Waals surface area (Å²) in [4.78, 5) is 23.8. The number of carbonyl (C=O) groups excluding carboxylic acids is 1. The number of nitrogens with one attached hydrogen (secondary N) is 1. The second-order valence-electron chi connectivity index (χ2n) is 6.48. The van der Waals surface area contributed by atoms with Gasteiger partial charge in [0.25, 0.3) is 0 Å². The van der Waals surface area contributed by atoms with Gasteiger partial charge in [0.05, 0.1) is 12.5 Å². The lowest BCUT2D eigenvalue weighted by Crippen LogP contribution is -2.56. The second-order valence-corrected chi connectivity index (χ2v) is 6.48. The summed E-state index contributed by atoms with van der Waals surface area (Å²) >= 11 is 0. The molecule has 0 aromatic carbocycles. The zero-order chi connectivity index (χ0) is 15.3. The van der Waals surface area contributed by atoms with Crippen LogP contribution in [0.4, 0.5) is 0 Å². The first kappa shape index (κ1) is 16.3. The summed E-state index contributed by atoms with van der Waals surface area (Å²) in [6, 6.07) is 0. The van der Waals surface area contributed by atoms with E-state index < -0.39 is 11.5 Å². The van der Waals surface area contributed by atoms with E-state index in [1.165, 1.54) is 0 Å². The zero-order valence-electron chi connectivity index (χ0n) is 12.9. The number of rotatable bonds is 5. The van der Waals surface area contributed by atoms with E-state index >= 15 is 0 Å². The molecule has 120 valence electrons. The number of carboxylic acid groups (broad SMARTS) is 1. The van der Waals surface area contributed by atoms with E-state index in [1.807, 2.05) is 0 Å². The first-order chi connectivity index (χ1) is 10.1. The summed E-state index contributed by atoms with van der Waals surface area (Å²) in [5.41, 5.74) is -1.06. The van der Waals surface area contributed by atoms with E-state index in [4.69, 9.17) is 4.74 Å². The van der Waals surface area contributed by atoms with Crippen molar-refractivity contribution < 1.29 is 19.4 Å². The number of hydrogen-bond donors (Lipinski definition) is 2. The summed E-state index contributed by atoms with van der Waals surface area (Å²) in [6.45, 7) is 2.84. The number of ether oxygens (including phenoxy) is 1. The van der Waals surface area contributed by atoms with Gasteiger partial charge < -0.3 is 15.2 Å². The minimum absolute atomic E-state index is 0.0448. The van der Waals surface area contributed by atoms with Crippen LogP contribution >= 0.6 is 0 Å². The van der Waals surface area contributed by atoms with Crippen LogP contribution in [-0.2, 0) is 14.3 Å². The largest absolute Gasteiger partial charge is 0.480 e. The minimum atomic E-state index is -1.06. The molecule has 1 heterocycles. The first-order valence-electron chi connectivity index (χ1n) is 8.22. The van der Waals surface area contributed by atoms with Crippen molar-refractivity contribution in [2.24, 2.45) is 5.92 Å². The lowest BCUT2D eigenvalue weighted by Gasteiger charge is -2.37. The maximum Gasteiger partial charge on any atom is 0.329 e. The van der Waals surface area contributed by atoms with Crippen molar-refractivity contribution in [1.82, 2.24) is 5.32 Å². The van der Waals surface area contributed by atoms with Crippen molar-refractivity contribution in [1.29, 1.82) is 0 Å². The Kier molecular flexibility index (Phi) is 5.62. The summed E-state index contributed by atoms with van der Waals surface area (Å²) in [5, 5.41) is 12.4. The maximum atomic E-state index is 12.2. The molecule has 0 radical (unpaired) electrons. The van der Waals surface area contributed by atoms with Gasteiger partial charge in [0.2, 0.25) is 5.91 Å². The molecule has 2 rings (SSSR count). The van der Waals surface area contributed by atoms with Crippen molar-refractivity contribution in [3.8, 4) is 0 Å². The molecule has 0 aromatic heterocycles. The van der Waals surface area contributed by atoms with Gasteiger partial charge in [0.15, 0.2) is 0 Å². The molecule has 2 fully saturated rings. The lowest BCUT2D eigenvalue weighted by atomic mass is 9.75. The molecule has 5 nitrogen and oxygen atoms in total. The van der Waals surface area contributed by atoms with Crippen LogP contribution in [-0.4, -0.2) is 35.2 Å². The van der Waals surface area contributed by atoms with Gasteiger partial charge in [-0.3, -0.25) is 4.79 Å². The molecule has 2 N–H and O–H groups in total. The number of amides is 1. The van der Waals surface area contributed by atoms with E-state index in [0.717, 1.165) is 38.5 Å². The van der Waals surface area contributed by atoms with Gasteiger partial charge in [-0.05, 0) is 50.9 Å². The topological polar surface area (TPSA) is 75.6 Å². The molecule has 1 atom stereocenters. The van der Waals surface area contributed by atoms with Gasteiger partial charge in [-0.2, -0.15) is 0 Å². The smallest absolute Gasteiger partial charge is 0.329 e. The fourth-order valence-corrected chi connectivity index (χ4v) is 3.46. The zero-order valence-corrected chi connectivity index (χ0v) is 12.9. The lowest BCUT2D eigenvalue weighted by molar-refractivity contribution is -0.150. The van der Waals surface area contributed by atoms with Gasteiger partial charge in [-0.1, -0.05) is 13.3 Å². The third kappa shape index (κ3) is 4.19. The Labute approximate surface area is 126 Å². The van der Waals surface area contributed by atoms with E-state index in [9.17, 15) is 14.7 Å². The average Bonchev–Trinajstić information content (AvgIpc) is 2.48. The third-order valence-corrected chi connectivity index (χ3v) is 5.01. The third-order valence-electron chi connectivity index (χ3n) is 5.01. The predicted molar refractivity (Wildman–Crippen MR) is 79.0 cm³/mol. The molecule has 21 heavy (non-hydrogen) atoms. The van der Waals surface area contributed by atoms with E-state index in [0.29, 0.717) is 25.4 Å². The number of carbonyl (C=O) groups is 2. The Morgan fingerprint density at radius 3 is 2.48 bits per heavy atom. The molecule has 0 aromatic rings. The van der Waals surface area contributed by atoms with Gasteiger partial charge >= 0.3 is 5.97 Å². The van der Waals surface area contributed by atoms with E-state index in [2.05, 4.69) is 12.2 Å². The van der Waals surface area contributed by atoms with Gasteiger partial charge in [-0.25, -0.2) is 4.79 Å². The summed E-state index contributed by atoms with van der Waals surface area (Å²) in [7, 11) is 0. The van der Waals surface area contributed by atoms with Gasteiger partial charge in [-0.15, -0.1) is 0 Å². The highest BCUT2D eigenvalue weighted by Crippen LogP contribution is 2.34. The summed E-state index contributed by atoms with van der Waals surface area (Å²) in [5.74, 6) is -0.481. The highest BCUT2D eigenvalue weighted by Gasteiger charge is 2.43. The fraction of sp³-hybridized carbons (Fsp3) is 0.875. The van der Waals surface area contributed by atoms with Crippen LogP contribution < -0.4 is 5.32 Å². The Morgan fingerprint density at radius 1 is 1.24 bits per heavy atom. The highest BCUT2D eigenvalue weighted by molar-refractivity contribution is 5.87. The SMILES string of the molecule is CCC1CCC(NC(=O)CC2CCCCO2)(C(=O)O)CC1. The summed E-state index contributed by atoms with van der Waals surface area (Å²) < 4.78 is 5.56. The molecule has 0 spiro atoms. The van der Waals surface area contributed by atoms with E-state index in [-0.39, 0.29) is 18.4 Å². The van der Waals surface area contributed by atoms with Gasteiger partial charge in [0.1, 0.15) is 5.54 Å². The first-order valence-corrected chi connectivity index (χ1v) is 8.22. The van der Waals surface area contributed by atoms with Crippen LogP contribution in [0, 0.1) is 5.92 Å². The monoisotopic (exact) mass is 297 g/mol. The molecule has 2 aliphatic rings. The van der Waals surface area contributed by atoms with Crippen molar-refractivity contribution in [3.05, 3.63) is 0 Å². The molecule has 0 bridgehead atoms. The standard InChI is InChI=1S/C16H27NO4/c1-2-12-6-8-16(9-7-12,15(19)20)17-14(18)11-13-5-3-4-10-21-13/h12-13H,2-11H2,1H3,(H,17,18)(H,19,20). The number of carboxylic acids is 1. The number of aliphatic carboxylic acids is 1. The minimum Gasteiger partial charge on any atom is -0.480 e. The Hall–Kier alpha value is -1.10. The van der Waals surface area contributed by atoms with Crippen LogP contribution in [0.2, 0.25) is 0 Å². The van der Waals surface area contributed by atoms with Crippen molar-refractivity contribution in [2.75, 3.05) is 6.61 Å². The van der Waals surface area contributed by atoms with Crippen LogP contribution in [0.5, 0.6) is 0 Å². The quantitative estimate of drug-likeness (QED) is 0.817. The fourth-order valence-electron chi connectivity index (χ4n) is 3.46. The average molecular weight is 297 g/mol. The van der Waals surface area contributed by atoms with Crippen LogP contribution in [0.3, 0.4) is 0 Å². The maximum absolute atomic E-state index is 12.2. The van der Waals surface area contributed by atoms with Crippen LogP contribution in [0.1, 0.15) is 64.7 Å². The molecular weight excluding hydrogens is 270 g/mol. The summed E-state index contributed by atoms with van der Waals surface area (Å²) in [6.07, 6.45) is 7.19. The molecule has 1 aliphatic heterocycles. The second kappa shape index (κ2) is 7.25. The molecule has 1 aliphatic carbocycles. The van der Waals surface area contributed by atoms with Crippen molar-refractivity contribution in [2.45, 2.75) is 76.4 Å². The molecule has 1 saturated heterocycles. The predicted octanol–water partition coefficient (Wildman–Crippen LogP) is 2.49. The number of hydrogen-bond acceptors (Lipinski definition) is 3. The van der Waals surface area contributed by atoms with Crippen molar-refractivity contribution >= 4 is 11.9 Å². The molecule has 1 amide bonds. The Balaban J connectivity index is 1.90. The molecule has 1 saturated carbocycles. The molecular formula is C16H27NO4. The highest BCUT2D eigenvalue weighted by atomic mass is 16.5. The van der Waals surface area contributed by atoms with E-state index in [1.54, 1.807) is 0 Å².